The first-order chi connectivity index (χ1) is 5.29. The van der Waals surface area contributed by atoms with Crippen molar-refractivity contribution in [3.63, 3.8) is 0 Å². The second-order valence-electron chi connectivity index (χ2n) is 2.87. The SMILES string of the molecule is ClC(c1sccc1Br)C1CC1. The highest BCUT2D eigenvalue weighted by molar-refractivity contribution is 9.10. The lowest BCUT2D eigenvalue weighted by Gasteiger charge is -2.04. The van der Waals surface area contributed by atoms with Gasteiger partial charge in [0, 0.05) is 9.35 Å². The summed E-state index contributed by atoms with van der Waals surface area (Å²) in [5.41, 5.74) is 0. The largest absolute Gasteiger partial charge is 0.146 e. The second-order valence-corrected chi connectivity index (χ2v) is 5.14. The van der Waals surface area contributed by atoms with Gasteiger partial charge in [-0.15, -0.1) is 22.9 Å². The van der Waals surface area contributed by atoms with Crippen molar-refractivity contribution in [2.75, 3.05) is 0 Å². The number of alkyl halides is 1. The minimum Gasteiger partial charge on any atom is -0.146 e. The average molecular weight is 252 g/mol. The van der Waals surface area contributed by atoms with Crippen LogP contribution in [0.1, 0.15) is 23.1 Å². The summed E-state index contributed by atoms with van der Waals surface area (Å²) in [5, 5.41) is 2.33. The maximum Gasteiger partial charge on any atom is 0.0718 e. The molecule has 0 amide bonds. The van der Waals surface area contributed by atoms with Crippen LogP contribution in [0.2, 0.25) is 0 Å². The van der Waals surface area contributed by atoms with Crippen LogP contribution >= 0.6 is 38.9 Å². The number of hydrogen-bond acceptors (Lipinski definition) is 1. The van der Waals surface area contributed by atoms with Crippen molar-refractivity contribution in [3.05, 3.63) is 20.8 Å². The monoisotopic (exact) mass is 250 g/mol. The fourth-order valence-electron chi connectivity index (χ4n) is 1.11. The minimum atomic E-state index is 0.254. The Kier molecular flexibility index (Phi) is 2.26. The summed E-state index contributed by atoms with van der Waals surface area (Å²) < 4.78 is 1.18. The maximum atomic E-state index is 6.23. The van der Waals surface area contributed by atoms with Crippen molar-refractivity contribution >= 4 is 38.9 Å². The van der Waals surface area contributed by atoms with E-state index in [-0.39, 0.29) is 5.38 Å². The molecule has 0 spiro atoms. The molecule has 1 aromatic rings. The molecule has 60 valence electrons. The van der Waals surface area contributed by atoms with E-state index in [0.29, 0.717) is 0 Å². The molecule has 1 saturated carbocycles. The molecule has 0 aromatic carbocycles. The van der Waals surface area contributed by atoms with Crippen molar-refractivity contribution < 1.29 is 0 Å². The lowest BCUT2D eigenvalue weighted by atomic mass is 10.2. The van der Waals surface area contributed by atoms with Gasteiger partial charge in [0.25, 0.3) is 0 Å². The molecule has 1 atom stereocenters. The molecule has 1 aliphatic rings. The van der Waals surface area contributed by atoms with E-state index in [1.165, 1.54) is 22.2 Å². The maximum absolute atomic E-state index is 6.23. The van der Waals surface area contributed by atoms with Crippen LogP contribution in [0.4, 0.5) is 0 Å². The second kappa shape index (κ2) is 3.08. The molecule has 2 rings (SSSR count). The summed E-state index contributed by atoms with van der Waals surface area (Å²) in [6.07, 6.45) is 2.61. The molecule has 1 unspecified atom stereocenters. The highest BCUT2D eigenvalue weighted by Crippen LogP contribution is 2.48. The van der Waals surface area contributed by atoms with E-state index in [4.69, 9.17) is 11.6 Å². The van der Waals surface area contributed by atoms with Crippen LogP contribution in [0.3, 0.4) is 0 Å². The molecular formula is C8H8BrClS. The molecule has 0 nitrogen and oxygen atoms in total. The van der Waals surface area contributed by atoms with Crippen LogP contribution in [-0.4, -0.2) is 0 Å². The van der Waals surface area contributed by atoms with Crippen LogP contribution in [0.5, 0.6) is 0 Å². The molecule has 1 heterocycles. The Labute approximate surface area is 83.7 Å². The summed E-state index contributed by atoms with van der Waals surface area (Å²) in [6, 6.07) is 2.07. The summed E-state index contributed by atoms with van der Waals surface area (Å²) in [6.45, 7) is 0. The Morgan fingerprint density at radius 1 is 1.64 bits per heavy atom. The molecule has 1 fully saturated rings. The standard InChI is InChI=1S/C8H8BrClS/c9-6-3-4-11-8(6)7(10)5-1-2-5/h3-5,7H,1-2H2. The van der Waals surface area contributed by atoms with Gasteiger partial charge in [-0.1, -0.05) is 0 Å². The van der Waals surface area contributed by atoms with Crippen LogP contribution in [0.15, 0.2) is 15.9 Å². The van der Waals surface area contributed by atoms with E-state index >= 15 is 0 Å². The molecule has 0 radical (unpaired) electrons. The van der Waals surface area contributed by atoms with Crippen molar-refractivity contribution in [3.8, 4) is 0 Å². The molecule has 3 heteroatoms. The molecular weight excluding hydrogens is 244 g/mol. The van der Waals surface area contributed by atoms with Crippen LogP contribution in [-0.2, 0) is 0 Å². The third-order valence-electron chi connectivity index (χ3n) is 1.93. The third-order valence-corrected chi connectivity index (χ3v) is 4.59. The molecule has 0 saturated heterocycles. The molecule has 0 bridgehead atoms. The zero-order chi connectivity index (χ0) is 7.84. The molecule has 1 aromatic heterocycles. The van der Waals surface area contributed by atoms with E-state index in [1.807, 2.05) is 0 Å². The molecule has 1 aliphatic carbocycles. The van der Waals surface area contributed by atoms with Gasteiger partial charge in [-0.3, -0.25) is 0 Å². The minimum absolute atomic E-state index is 0.254. The first-order valence-corrected chi connectivity index (χ1v) is 5.77. The first kappa shape index (κ1) is 8.09. The van der Waals surface area contributed by atoms with E-state index in [1.54, 1.807) is 11.3 Å². The predicted molar refractivity (Wildman–Crippen MR) is 53.3 cm³/mol. The Morgan fingerprint density at radius 2 is 2.36 bits per heavy atom. The summed E-state index contributed by atoms with van der Waals surface area (Å²) in [4.78, 5) is 1.30. The Hall–Kier alpha value is 0.470. The average Bonchev–Trinajstić information content (AvgIpc) is 2.74. The Balaban J connectivity index is 2.20. The lowest BCUT2D eigenvalue weighted by molar-refractivity contribution is 0.809. The Morgan fingerprint density at radius 3 is 2.82 bits per heavy atom. The third kappa shape index (κ3) is 1.63. The van der Waals surface area contributed by atoms with Gasteiger partial charge in [0.15, 0.2) is 0 Å². The summed E-state index contributed by atoms with van der Waals surface area (Å²) in [7, 11) is 0. The van der Waals surface area contributed by atoms with Crippen molar-refractivity contribution in [1.29, 1.82) is 0 Å². The smallest absolute Gasteiger partial charge is 0.0718 e. The van der Waals surface area contributed by atoms with E-state index in [9.17, 15) is 0 Å². The quantitative estimate of drug-likeness (QED) is 0.691. The number of hydrogen-bond donors (Lipinski definition) is 0. The van der Waals surface area contributed by atoms with Gasteiger partial charge in [-0.25, -0.2) is 0 Å². The van der Waals surface area contributed by atoms with Gasteiger partial charge in [0.05, 0.1) is 5.38 Å². The van der Waals surface area contributed by atoms with Crippen molar-refractivity contribution in [1.82, 2.24) is 0 Å². The highest BCUT2D eigenvalue weighted by Gasteiger charge is 2.32. The fraction of sp³-hybridized carbons (Fsp3) is 0.500. The van der Waals surface area contributed by atoms with Crippen molar-refractivity contribution in [2.45, 2.75) is 18.2 Å². The molecule has 0 N–H and O–H groups in total. The van der Waals surface area contributed by atoms with Gasteiger partial charge in [-0.05, 0) is 46.1 Å². The van der Waals surface area contributed by atoms with Gasteiger partial charge >= 0.3 is 0 Å². The molecule has 0 aliphatic heterocycles. The van der Waals surface area contributed by atoms with Crippen LogP contribution in [0, 0.1) is 5.92 Å². The fourth-order valence-corrected chi connectivity index (χ4v) is 3.45. The van der Waals surface area contributed by atoms with Gasteiger partial charge < -0.3 is 0 Å². The Bertz CT molecular complexity index is 254. The van der Waals surface area contributed by atoms with E-state index in [2.05, 4.69) is 27.4 Å². The molecule has 11 heavy (non-hydrogen) atoms. The van der Waals surface area contributed by atoms with Gasteiger partial charge in [0.1, 0.15) is 0 Å². The number of thiophene rings is 1. The van der Waals surface area contributed by atoms with Gasteiger partial charge in [0.2, 0.25) is 0 Å². The van der Waals surface area contributed by atoms with Crippen LogP contribution < -0.4 is 0 Å². The van der Waals surface area contributed by atoms with E-state index < -0.39 is 0 Å². The highest BCUT2D eigenvalue weighted by atomic mass is 79.9. The summed E-state index contributed by atoms with van der Waals surface area (Å²) >= 11 is 11.5. The normalized spacial score (nSPS) is 20.2. The number of halogens is 2. The zero-order valence-corrected chi connectivity index (χ0v) is 9.05. The first-order valence-electron chi connectivity index (χ1n) is 3.66. The van der Waals surface area contributed by atoms with Crippen LogP contribution in [0.25, 0.3) is 0 Å². The predicted octanol–water partition coefficient (Wildman–Crippen LogP) is 4.20. The van der Waals surface area contributed by atoms with Crippen molar-refractivity contribution in [2.24, 2.45) is 5.92 Å². The van der Waals surface area contributed by atoms with Gasteiger partial charge in [-0.2, -0.15) is 0 Å². The summed E-state index contributed by atoms with van der Waals surface area (Å²) in [5.74, 6) is 0.742. The topological polar surface area (TPSA) is 0 Å². The lowest BCUT2D eigenvalue weighted by Crippen LogP contribution is -1.88. The van der Waals surface area contributed by atoms with E-state index in [0.717, 1.165) is 5.92 Å². The zero-order valence-electron chi connectivity index (χ0n) is 5.89. The number of rotatable bonds is 2.